The van der Waals surface area contributed by atoms with Crippen molar-refractivity contribution in [2.75, 3.05) is 19.7 Å². The van der Waals surface area contributed by atoms with Gasteiger partial charge < -0.3 is 14.7 Å². The SMILES string of the molecule is O=C(c1ccc(O)c([N+](=O)[O-])c1)N1CCOC2(CCC2)C1. The number of phenolic OH excluding ortho intramolecular Hbond substituents is 1. The third kappa shape index (κ3) is 2.44. The van der Waals surface area contributed by atoms with Gasteiger partial charge in [0.05, 0.1) is 23.7 Å². The Morgan fingerprint density at radius 1 is 1.43 bits per heavy atom. The number of nitro groups is 1. The fraction of sp³-hybridized carbons (Fsp3) is 0.500. The number of aromatic hydroxyl groups is 1. The Morgan fingerprint density at radius 2 is 2.19 bits per heavy atom. The van der Waals surface area contributed by atoms with Crippen molar-refractivity contribution in [1.82, 2.24) is 4.90 Å². The number of hydrogen-bond donors (Lipinski definition) is 1. The van der Waals surface area contributed by atoms with E-state index in [-0.39, 0.29) is 17.1 Å². The Hall–Kier alpha value is -2.15. The molecule has 1 heterocycles. The Kier molecular flexibility index (Phi) is 3.29. The van der Waals surface area contributed by atoms with E-state index in [1.165, 1.54) is 12.1 Å². The van der Waals surface area contributed by atoms with Crippen molar-refractivity contribution in [3.05, 3.63) is 33.9 Å². The minimum atomic E-state index is -0.696. The van der Waals surface area contributed by atoms with E-state index in [9.17, 15) is 20.0 Å². The van der Waals surface area contributed by atoms with Crippen LogP contribution in [0, 0.1) is 10.1 Å². The molecule has 1 saturated carbocycles. The van der Waals surface area contributed by atoms with Crippen LogP contribution in [-0.2, 0) is 4.74 Å². The van der Waals surface area contributed by atoms with Crippen LogP contribution in [0.1, 0.15) is 29.6 Å². The van der Waals surface area contributed by atoms with Crippen molar-refractivity contribution in [2.24, 2.45) is 0 Å². The van der Waals surface area contributed by atoms with E-state index in [0.29, 0.717) is 19.7 Å². The lowest BCUT2D eigenvalue weighted by Crippen LogP contribution is -2.57. The van der Waals surface area contributed by atoms with Gasteiger partial charge in [-0.05, 0) is 31.4 Å². The predicted octanol–water partition coefficient (Wildman–Crippen LogP) is 1.70. The molecule has 1 saturated heterocycles. The first-order valence-corrected chi connectivity index (χ1v) is 6.91. The van der Waals surface area contributed by atoms with Gasteiger partial charge in [-0.25, -0.2) is 0 Å². The number of rotatable bonds is 2. The van der Waals surface area contributed by atoms with E-state index in [4.69, 9.17) is 4.74 Å². The summed E-state index contributed by atoms with van der Waals surface area (Å²) in [5, 5.41) is 20.3. The normalized spacial score (nSPS) is 20.1. The summed E-state index contributed by atoms with van der Waals surface area (Å²) < 4.78 is 5.76. The van der Waals surface area contributed by atoms with E-state index in [0.717, 1.165) is 25.3 Å². The molecule has 1 N–H and O–H groups in total. The zero-order valence-electron chi connectivity index (χ0n) is 11.4. The largest absolute Gasteiger partial charge is 0.502 e. The van der Waals surface area contributed by atoms with Crippen molar-refractivity contribution in [3.8, 4) is 5.75 Å². The quantitative estimate of drug-likeness (QED) is 0.661. The third-order valence-electron chi connectivity index (χ3n) is 4.22. The Labute approximate surface area is 121 Å². The molecule has 1 aromatic carbocycles. The lowest BCUT2D eigenvalue weighted by molar-refractivity contribution is -0.385. The number of phenols is 1. The van der Waals surface area contributed by atoms with Gasteiger partial charge in [-0.1, -0.05) is 0 Å². The standard InChI is InChI=1S/C14H16N2O5/c17-12-3-2-10(8-11(12)16(19)20)13(18)15-6-7-21-14(9-15)4-1-5-14/h2-3,8,17H,1,4-7,9H2. The minimum Gasteiger partial charge on any atom is -0.502 e. The molecule has 0 aromatic heterocycles. The average Bonchev–Trinajstić information content (AvgIpc) is 2.45. The van der Waals surface area contributed by atoms with Crippen LogP contribution in [0.5, 0.6) is 5.75 Å². The van der Waals surface area contributed by atoms with Crippen molar-refractivity contribution < 1.29 is 19.6 Å². The van der Waals surface area contributed by atoms with E-state index >= 15 is 0 Å². The van der Waals surface area contributed by atoms with Gasteiger partial charge in [-0.15, -0.1) is 0 Å². The molecule has 0 atom stereocenters. The maximum atomic E-state index is 12.5. The average molecular weight is 292 g/mol. The summed E-state index contributed by atoms with van der Waals surface area (Å²) in [6, 6.07) is 3.72. The van der Waals surface area contributed by atoms with Gasteiger partial charge in [0.15, 0.2) is 5.75 Å². The molecule has 7 heteroatoms. The number of ether oxygens (including phenoxy) is 1. The van der Waals surface area contributed by atoms with E-state index in [1.807, 2.05) is 0 Å². The molecule has 21 heavy (non-hydrogen) atoms. The zero-order chi connectivity index (χ0) is 15.0. The summed E-state index contributed by atoms with van der Waals surface area (Å²) in [6.07, 6.45) is 3.01. The van der Waals surface area contributed by atoms with Crippen molar-refractivity contribution >= 4 is 11.6 Å². The molecule has 1 aliphatic heterocycles. The van der Waals surface area contributed by atoms with E-state index in [1.54, 1.807) is 4.90 Å². The molecule has 2 aliphatic rings. The van der Waals surface area contributed by atoms with Gasteiger partial charge in [0.2, 0.25) is 0 Å². The number of amides is 1. The number of carbonyl (C=O) groups is 1. The predicted molar refractivity (Wildman–Crippen MR) is 73.2 cm³/mol. The third-order valence-corrected chi connectivity index (χ3v) is 4.22. The molecule has 2 fully saturated rings. The second-order valence-corrected chi connectivity index (χ2v) is 5.57. The Bertz CT molecular complexity index is 597. The fourth-order valence-electron chi connectivity index (χ4n) is 2.88. The second kappa shape index (κ2) is 5.00. The van der Waals surface area contributed by atoms with Crippen LogP contribution < -0.4 is 0 Å². The number of nitro benzene ring substituents is 1. The highest BCUT2D eigenvalue weighted by molar-refractivity contribution is 5.95. The highest BCUT2D eigenvalue weighted by atomic mass is 16.6. The molecule has 0 radical (unpaired) electrons. The molecule has 3 rings (SSSR count). The lowest BCUT2D eigenvalue weighted by atomic mass is 9.79. The Balaban J connectivity index is 1.81. The first-order valence-electron chi connectivity index (χ1n) is 6.91. The van der Waals surface area contributed by atoms with Crippen molar-refractivity contribution in [1.29, 1.82) is 0 Å². The smallest absolute Gasteiger partial charge is 0.311 e. The molecule has 112 valence electrons. The Morgan fingerprint density at radius 3 is 2.81 bits per heavy atom. The van der Waals surface area contributed by atoms with Gasteiger partial charge in [-0.3, -0.25) is 14.9 Å². The van der Waals surface area contributed by atoms with Gasteiger partial charge in [0.25, 0.3) is 5.91 Å². The topological polar surface area (TPSA) is 92.9 Å². The van der Waals surface area contributed by atoms with Crippen LogP contribution in [0.2, 0.25) is 0 Å². The molecular weight excluding hydrogens is 276 g/mol. The maximum absolute atomic E-state index is 12.5. The van der Waals surface area contributed by atoms with Crippen molar-refractivity contribution in [3.63, 3.8) is 0 Å². The summed E-state index contributed by atoms with van der Waals surface area (Å²) in [4.78, 5) is 24.3. The molecular formula is C14H16N2O5. The van der Waals surface area contributed by atoms with Gasteiger partial charge in [-0.2, -0.15) is 0 Å². The van der Waals surface area contributed by atoms with E-state index < -0.39 is 16.4 Å². The first-order chi connectivity index (χ1) is 10.0. The minimum absolute atomic E-state index is 0.212. The number of nitrogens with zero attached hydrogens (tertiary/aromatic N) is 2. The van der Waals surface area contributed by atoms with Gasteiger partial charge in [0.1, 0.15) is 0 Å². The van der Waals surface area contributed by atoms with Crippen LogP contribution in [0.15, 0.2) is 18.2 Å². The number of benzene rings is 1. The molecule has 1 aromatic rings. The summed E-state index contributed by atoms with van der Waals surface area (Å²) in [6.45, 7) is 1.50. The molecule has 0 bridgehead atoms. The monoisotopic (exact) mass is 292 g/mol. The lowest BCUT2D eigenvalue weighted by Gasteiger charge is -2.48. The molecule has 1 aliphatic carbocycles. The summed E-state index contributed by atoms with van der Waals surface area (Å²) >= 11 is 0. The number of morpholine rings is 1. The van der Waals surface area contributed by atoms with Gasteiger partial charge >= 0.3 is 5.69 Å². The highest BCUT2D eigenvalue weighted by Crippen LogP contribution is 2.38. The first kappa shape index (κ1) is 13.8. The van der Waals surface area contributed by atoms with Crippen molar-refractivity contribution in [2.45, 2.75) is 24.9 Å². The number of carbonyl (C=O) groups excluding carboxylic acids is 1. The molecule has 1 amide bonds. The highest BCUT2D eigenvalue weighted by Gasteiger charge is 2.43. The molecule has 0 unspecified atom stereocenters. The van der Waals surface area contributed by atoms with Crippen LogP contribution >= 0.6 is 0 Å². The van der Waals surface area contributed by atoms with Crippen LogP contribution in [-0.4, -0.2) is 46.1 Å². The number of hydrogen-bond acceptors (Lipinski definition) is 5. The maximum Gasteiger partial charge on any atom is 0.311 e. The molecule has 7 nitrogen and oxygen atoms in total. The fourth-order valence-corrected chi connectivity index (χ4v) is 2.88. The summed E-state index contributed by atoms with van der Waals surface area (Å²) in [5.41, 5.74) is -0.445. The second-order valence-electron chi connectivity index (χ2n) is 5.57. The van der Waals surface area contributed by atoms with Crippen LogP contribution in [0.3, 0.4) is 0 Å². The molecule has 1 spiro atoms. The van der Waals surface area contributed by atoms with Gasteiger partial charge in [0, 0.05) is 18.2 Å². The van der Waals surface area contributed by atoms with Crippen LogP contribution in [0.25, 0.3) is 0 Å². The summed E-state index contributed by atoms with van der Waals surface area (Å²) in [7, 11) is 0. The van der Waals surface area contributed by atoms with Crippen LogP contribution in [0.4, 0.5) is 5.69 Å². The summed E-state index contributed by atoms with van der Waals surface area (Å²) in [5.74, 6) is -0.693. The zero-order valence-corrected chi connectivity index (χ0v) is 11.4. The van der Waals surface area contributed by atoms with E-state index in [2.05, 4.69) is 0 Å².